The standard InChI is InChI=1S/C26H32ClN3O6/c1-16(2)21(29-25(34)35-26(3,4)5)23(32)28-20(15-17-9-7-6-8-10-17)22(31)30-36-24(33)18-11-13-19(27)14-12-18/h6-14,16,20-21H,15H2,1-5H3,(H,28,32)(H,29,34)(H,30,31). The maximum atomic E-state index is 13.1. The van der Waals surface area contributed by atoms with Crippen LogP contribution in [0.3, 0.4) is 0 Å². The van der Waals surface area contributed by atoms with Gasteiger partial charge in [0.05, 0.1) is 5.56 Å². The highest BCUT2D eigenvalue weighted by Crippen LogP contribution is 2.12. The third kappa shape index (κ3) is 9.58. The fourth-order valence-electron chi connectivity index (χ4n) is 3.10. The summed E-state index contributed by atoms with van der Waals surface area (Å²) in [6.45, 7) is 8.64. The molecule has 0 saturated heterocycles. The SMILES string of the molecule is CC(C)C(NC(=O)OC(C)(C)C)C(=O)NC(Cc1ccccc1)C(=O)NOC(=O)c1ccc(Cl)cc1. The third-order valence-corrected chi connectivity index (χ3v) is 5.11. The quantitative estimate of drug-likeness (QED) is 0.458. The van der Waals surface area contributed by atoms with Crippen LogP contribution < -0.4 is 16.1 Å². The highest BCUT2D eigenvalue weighted by atomic mass is 35.5. The number of rotatable bonds is 8. The minimum atomic E-state index is -1.10. The van der Waals surface area contributed by atoms with Crippen LogP contribution in [-0.2, 0) is 25.6 Å². The molecule has 2 aromatic carbocycles. The van der Waals surface area contributed by atoms with Gasteiger partial charge in [-0.05, 0) is 56.5 Å². The fourth-order valence-corrected chi connectivity index (χ4v) is 3.23. The van der Waals surface area contributed by atoms with E-state index in [-0.39, 0.29) is 17.9 Å². The third-order valence-electron chi connectivity index (χ3n) is 4.86. The topological polar surface area (TPSA) is 123 Å². The Bertz CT molecular complexity index is 1050. The molecule has 0 aromatic heterocycles. The Morgan fingerprint density at radius 1 is 0.889 bits per heavy atom. The molecule has 10 heteroatoms. The molecule has 0 aliphatic heterocycles. The van der Waals surface area contributed by atoms with Crippen LogP contribution in [0.1, 0.15) is 50.5 Å². The van der Waals surface area contributed by atoms with Gasteiger partial charge in [0.2, 0.25) is 5.91 Å². The molecular weight excluding hydrogens is 486 g/mol. The summed E-state index contributed by atoms with van der Waals surface area (Å²) in [7, 11) is 0. The lowest BCUT2D eigenvalue weighted by Gasteiger charge is -2.27. The lowest BCUT2D eigenvalue weighted by Crippen LogP contribution is -2.56. The number of halogens is 1. The monoisotopic (exact) mass is 517 g/mol. The van der Waals surface area contributed by atoms with Crippen LogP contribution in [0.2, 0.25) is 5.02 Å². The van der Waals surface area contributed by atoms with Gasteiger partial charge in [0, 0.05) is 11.4 Å². The molecule has 3 N–H and O–H groups in total. The van der Waals surface area contributed by atoms with Crippen molar-refractivity contribution in [2.45, 2.75) is 58.7 Å². The summed E-state index contributed by atoms with van der Waals surface area (Å²) in [5.41, 5.74) is 2.32. The second-order valence-corrected chi connectivity index (χ2v) is 9.92. The zero-order valence-electron chi connectivity index (χ0n) is 21.0. The van der Waals surface area contributed by atoms with E-state index in [2.05, 4.69) is 16.1 Å². The highest BCUT2D eigenvalue weighted by molar-refractivity contribution is 6.30. The number of alkyl carbamates (subject to hydrolysis) is 1. The molecule has 0 spiro atoms. The predicted octanol–water partition coefficient (Wildman–Crippen LogP) is 3.80. The van der Waals surface area contributed by atoms with E-state index in [1.54, 1.807) is 58.9 Å². The lowest BCUT2D eigenvalue weighted by molar-refractivity contribution is -0.136. The van der Waals surface area contributed by atoms with Crippen LogP contribution in [0.5, 0.6) is 0 Å². The summed E-state index contributed by atoms with van der Waals surface area (Å²) in [4.78, 5) is 55.5. The van der Waals surface area contributed by atoms with Gasteiger partial charge in [0.25, 0.3) is 5.91 Å². The van der Waals surface area contributed by atoms with E-state index in [0.29, 0.717) is 5.02 Å². The van der Waals surface area contributed by atoms with Gasteiger partial charge in [-0.2, -0.15) is 5.48 Å². The van der Waals surface area contributed by atoms with Crippen molar-refractivity contribution < 1.29 is 28.8 Å². The molecule has 0 heterocycles. The van der Waals surface area contributed by atoms with Gasteiger partial charge in [0.15, 0.2) is 0 Å². The van der Waals surface area contributed by atoms with Crippen molar-refractivity contribution in [2.24, 2.45) is 5.92 Å². The highest BCUT2D eigenvalue weighted by Gasteiger charge is 2.31. The number of hydrogen-bond donors (Lipinski definition) is 3. The molecular formula is C26H32ClN3O6. The van der Waals surface area contributed by atoms with Crippen LogP contribution in [-0.4, -0.2) is 41.6 Å². The Labute approximate surface area is 215 Å². The number of carbonyl (C=O) groups is 4. The maximum Gasteiger partial charge on any atom is 0.408 e. The first-order chi connectivity index (χ1) is 16.9. The zero-order valence-corrected chi connectivity index (χ0v) is 21.7. The van der Waals surface area contributed by atoms with Crippen molar-refractivity contribution >= 4 is 35.5 Å². The average molecular weight is 518 g/mol. The molecule has 0 aliphatic carbocycles. The van der Waals surface area contributed by atoms with Crippen LogP contribution in [0.25, 0.3) is 0 Å². The Kier molecular flexibility index (Phi) is 10.3. The lowest BCUT2D eigenvalue weighted by atomic mass is 10.0. The van der Waals surface area contributed by atoms with Crippen LogP contribution in [0.4, 0.5) is 4.79 Å². The molecule has 3 amide bonds. The van der Waals surface area contributed by atoms with E-state index in [1.165, 1.54) is 24.3 Å². The van der Waals surface area contributed by atoms with E-state index in [0.717, 1.165) is 5.56 Å². The number of hydrogen-bond acceptors (Lipinski definition) is 6. The van der Waals surface area contributed by atoms with Gasteiger partial charge in [0.1, 0.15) is 17.7 Å². The molecule has 2 aromatic rings. The summed E-state index contributed by atoms with van der Waals surface area (Å²) in [6.07, 6.45) is -0.633. The molecule has 2 unspecified atom stereocenters. The molecule has 36 heavy (non-hydrogen) atoms. The van der Waals surface area contributed by atoms with Crippen molar-refractivity contribution in [2.75, 3.05) is 0 Å². The maximum absolute atomic E-state index is 13.1. The first-order valence-corrected chi connectivity index (χ1v) is 11.8. The average Bonchev–Trinajstić information content (AvgIpc) is 2.80. The van der Waals surface area contributed by atoms with Crippen LogP contribution in [0, 0.1) is 5.92 Å². The summed E-state index contributed by atoms with van der Waals surface area (Å²) in [5, 5.41) is 5.66. The molecule has 0 radical (unpaired) electrons. The van der Waals surface area contributed by atoms with Gasteiger partial charge >= 0.3 is 12.1 Å². The minimum absolute atomic E-state index is 0.119. The van der Waals surface area contributed by atoms with Crippen molar-refractivity contribution in [1.82, 2.24) is 16.1 Å². The Hall–Kier alpha value is -3.59. The van der Waals surface area contributed by atoms with Crippen molar-refractivity contribution in [3.05, 3.63) is 70.7 Å². The second-order valence-electron chi connectivity index (χ2n) is 9.48. The molecule has 0 fully saturated rings. The summed E-state index contributed by atoms with van der Waals surface area (Å²) < 4.78 is 5.26. The number of hydroxylamine groups is 1. The zero-order chi connectivity index (χ0) is 26.9. The van der Waals surface area contributed by atoms with E-state index < -0.39 is 41.6 Å². The Balaban J connectivity index is 2.13. The van der Waals surface area contributed by atoms with Crippen LogP contribution in [0.15, 0.2) is 54.6 Å². The summed E-state index contributed by atoms with van der Waals surface area (Å²) in [5.74, 6) is -2.43. The number of ether oxygens (including phenoxy) is 1. The van der Waals surface area contributed by atoms with Gasteiger partial charge in [-0.15, -0.1) is 0 Å². The van der Waals surface area contributed by atoms with Crippen molar-refractivity contribution in [3.63, 3.8) is 0 Å². The van der Waals surface area contributed by atoms with Crippen LogP contribution >= 0.6 is 11.6 Å². The largest absolute Gasteiger partial charge is 0.444 e. The Morgan fingerprint density at radius 3 is 2.06 bits per heavy atom. The first kappa shape index (κ1) is 28.6. The van der Waals surface area contributed by atoms with Gasteiger partial charge in [-0.25, -0.2) is 9.59 Å². The van der Waals surface area contributed by atoms with E-state index >= 15 is 0 Å². The van der Waals surface area contributed by atoms with E-state index in [9.17, 15) is 19.2 Å². The molecule has 194 valence electrons. The van der Waals surface area contributed by atoms with Gasteiger partial charge < -0.3 is 20.2 Å². The molecule has 9 nitrogen and oxygen atoms in total. The van der Waals surface area contributed by atoms with Crippen molar-refractivity contribution in [3.8, 4) is 0 Å². The fraction of sp³-hybridized carbons (Fsp3) is 0.385. The number of amides is 3. The summed E-state index contributed by atoms with van der Waals surface area (Å²) >= 11 is 5.83. The molecule has 2 atom stereocenters. The van der Waals surface area contributed by atoms with Gasteiger partial charge in [-0.3, -0.25) is 9.59 Å². The minimum Gasteiger partial charge on any atom is -0.444 e. The first-order valence-electron chi connectivity index (χ1n) is 11.5. The molecule has 0 saturated carbocycles. The molecule has 2 rings (SSSR count). The Morgan fingerprint density at radius 2 is 1.50 bits per heavy atom. The van der Waals surface area contributed by atoms with Crippen molar-refractivity contribution in [1.29, 1.82) is 0 Å². The second kappa shape index (κ2) is 12.9. The predicted molar refractivity (Wildman–Crippen MR) is 135 cm³/mol. The molecule has 0 aliphatic rings. The summed E-state index contributed by atoms with van der Waals surface area (Å²) in [6, 6.07) is 12.9. The number of carbonyl (C=O) groups excluding carboxylic acids is 4. The van der Waals surface area contributed by atoms with E-state index in [1.807, 2.05) is 6.07 Å². The van der Waals surface area contributed by atoms with E-state index in [4.69, 9.17) is 21.2 Å². The smallest absolute Gasteiger partial charge is 0.408 e. The van der Waals surface area contributed by atoms with Gasteiger partial charge in [-0.1, -0.05) is 55.8 Å². The molecule has 0 bridgehead atoms. The number of nitrogens with one attached hydrogen (secondary N) is 3. The normalized spacial score (nSPS) is 12.8. The number of benzene rings is 2.